The lowest BCUT2D eigenvalue weighted by Gasteiger charge is -2.11. The second kappa shape index (κ2) is 8.55. The zero-order chi connectivity index (χ0) is 15.8. The zero-order valence-electron chi connectivity index (χ0n) is 12.5. The van der Waals surface area contributed by atoms with Crippen LogP contribution in [0.25, 0.3) is 0 Å². The van der Waals surface area contributed by atoms with Gasteiger partial charge in [-0.15, -0.1) is 0 Å². The van der Waals surface area contributed by atoms with Gasteiger partial charge in [-0.05, 0) is 55.7 Å². The van der Waals surface area contributed by atoms with Crippen LogP contribution in [-0.4, -0.2) is 42.3 Å². The normalized spacial score (nSPS) is 17.6. The number of benzene rings is 1. The van der Waals surface area contributed by atoms with E-state index in [4.69, 9.17) is 21.7 Å². The van der Waals surface area contributed by atoms with Gasteiger partial charge >= 0.3 is 0 Å². The number of hydrogen-bond donors (Lipinski definition) is 3. The Morgan fingerprint density at radius 1 is 1.59 bits per heavy atom. The smallest absolute Gasteiger partial charge is 0.187 e. The van der Waals surface area contributed by atoms with E-state index in [1.165, 1.54) is 0 Å². The van der Waals surface area contributed by atoms with Crippen LogP contribution >= 0.6 is 12.2 Å². The molecule has 1 unspecified atom stereocenters. The van der Waals surface area contributed by atoms with E-state index in [1.54, 1.807) is 24.4 Å². The molecular formula is C15H21N3O3S. The van der Waals surface area contributed by atoms with E-state index in [2.05, 4.69) is 15.8 Å². The van der Waals surface area contributed by atoms with E-state index < -0.39 is 0 Å². The van der Waals surface area contributed by atoms with Crippen molar-refractivity contribution in [2.75, 3.05) is 19.8 Å². The van der Waals surface area contributed by atoms with Crippen LogP contribution in [0.2, 0.25) is 0 Å². The Balaban J connectivity index is 1.78. The van der Waals surface area contributed by atoms with Crippen molar-refractivity contribution in [2.24, 2.45) is 5.10 Å². The summed E-state index contributed by atoms with van der Waals surface area (Å²) in [6, 6.07) is 5.03. The molecule has 120 valence electrons. The molecule has 0 aromatic heterocycles. The van der Waals surface area contributed by atoms with Crippen molar-refractivity contribution in [3.63, 3.8) is 0 Å². The predicted molar refractivity (Wildman–Crippen MR) is 89.6 cm³/mol. The molecule has 0 amide bonds. The van der Waals surface area contributed by atoms with E-state index in [1.807, 2.05) is 6.92 Å². The first-order valence-electron chi connectivity index (χ1n) is 7.33. The molecule has 7 heteroatoms. The minimum absolute atomic E-state index is 0.112. The van der Waals surface area contributed by atoms with Gasteiger partial charge in [-0.2, -0.15) is 5.10 Å². The van der Waals surface area contributed by atoms with Gasteiger partial charge in [0.1, 0.15) is 0 Å². The van der Waals surface area contributed by atoms with Gasteiger partial charge < -0.3 is 19.9 Å². The molecule has 6 nitrogen and oxygen atoms in total. The highest BCUT2D eigenvalue weighted by Crippen LogP contribution is 2.26. The number of hydrazone groups is 1. The van der Waals surface area contributed by atoms with Crippen LogP contribution in [0, 0.1) is 0 Å². The Morgan fingerprint density at radius 2 is 2.45 bits per heavy atom. The quantitative estimate of drug-likeness (QED) is 0.421. The molecule has 3 N–H and O–H groups in total. The number of phenols is 1. The first kappa shape index (κ1) is 16.5. The molecule has 1 aromatic carbocycles. The topological polar surface area (TPSA) is 75.1 Å². The Kier molecular flexibility index (Phi) is 6.42. The van der Waals surface area contributed by atoms with Crippen molar-refractivity contribution in [3.05, 3.63) is 23.8 Å². The van der Waals surface area contributed by atoms with Gasteiger partial charge in [-0.3, -0.25) is 5.43 Å². The average molecular weight is 323 g/mol. The molecular weight excluding hydrogens is 302 g/mol. The monoisotopic (exact) mass is 323 g/mol. The summed E-state index contributed by atoms with van der Waals surface area (Å²) in [4.78, 5) is 0. The molecule has 2 rings (SSSR count). The number of hydrogen-bond acceptors (Lipinski definition) is 5. The van der Waals surface area contributed by atoms with Crippen LogP contribution in [-0.2, 0) is 4.74 Å². The Morgan fingerprint density at radius 3 is 3.18 bits per heavy atom. The second-order valence-electron chi connectivity index (χ2n) is 4.88. The number of nitrogens with one attached hydrogen (secondary N) is 2. The van der Waals surface area contributed by atoms with E-state index in [-0.39, 0.29) is 11.9 Å². The van der Waals surface area contributed by atoms with Crippen LogP contribution in [0.5, 0.6) is 11.5 Å². The molecule has 1 aromatic rings. The average Bonchev–Trinajstić information content (AvgIpc) is 3.02. The van der Waals surface area contributed by atoms with Gasteiger partial charge in [-0.1, -0.05) is 0 Å². The lowest BCUT2D eigenvalue weighted by molar-refractivity contribution is 0.114. The third kappa shape index (κ3) is 5.16. The highest BCUT2D eigenvalue weighted by atomic mass is 32.1. The van der Waals surface area contributed by atoms with Crippen molar-refractivity contribution in [1.82, 2.24) is 10.7 Å². The largest absolute Gasteiger partial charge is 0.504 e. The minimum atomic E-state index is 0.112. The standard InChI is InChI=1S/C15H21N3O3S/c1-2-20-14-8-11(5-6-13(14)19)9-17-18-15(22)16-10-12-4-3-7-21-12/h5-6,8-9,12,19H,2-4,7,10H2,1H3,(H2,16,18,22)/b17-9+. The SMILES string of the molecule is CCOc1cc(/C=N/NC(=S)NCC2CCCO2)ccc1O. The van der Waals surface area contributed by atoms with Crippen LogP contribution in [0.1, 0.15) is 25.3 Å². The molecule has 1 heterocycles. The number of ether oxygens (including phenoxy) is 2. The minimum Gasteiger partial charge on any atom is -0.504 e. The van der Waals surface area contributed by atoms with Crippen LogP contribution in [0.4, 0.5) is 0 Å². The third-order valence-electron chi connectivity index (χ3n) is 3.18. The predicted octanol–water partition coefficient (Wildman–Crippen LogP) is 1.77. The molecule has 22 heavy (non-hydrogen) atoms. The summed E-state index contributed by atoms with van der Waals surface area (Å²) >= 11 is 5.14. The van der Waals surface area contributed by atoms with Crippen molar-refractivity contribution in [3.8, 4) is 11.5 Å². The van der Waals surface area contributed by atoms with E-state index >= 15 is 0 Å². The fraction of sp³-hybridized carbons (Fsp3) is 0.467. The third-order valence-corrected chi connectivity index (χ3v) is 3.41. The number of phenolic OH excluding ortho intramolecular Hbond substituents is 1. The van der Waals surface area contributed by atoms with Crippen LogP contribution in [0.3, 0.4) is 0 Å². The summed E-state index contributed by atoms with van der Waals surface area (Å²) < 4.78 is 10.8. The van der Waals surface area contributed by atoms with Gasteiger partial charge in [0.15, 0.2) is 16.6 Å². The summed E-state index contributed by atoms with van der Waals surface area (Å²) in [5.41, 5.74) is 3.55. The molecule has 1 aliphatic heterocycles. The fourth-order valence-electron chi connectivity index (χ4n) is 2.10. The summed E-state index contributed by atoms with van der Waals surface area (Å²) in [5.74, 6) is 0.547. The van der Waals surface area contributed by atoms with Crippen molar-refractivity contribution in [2.45, 2.75) is 25.9 Å². The van der Waals surface area contributed by atoms with Gasteiger partial charge in [0, 0.05) is 13.2 Å². The molecule has 1 saturated heterocycles. The van der Waals surface area contributed by atoms with E-state index in [0.717, 1.165) is 25.0 Å². The Hall–Kier alpha value is -1.86. The molecule has 0 spiro atoms. The first-order chi connectivity index (χ1) is 10.7. The van der Waals surface area contributed by atoms with Crippen molar-refractivity contribution >= 4 is 23.5 Å². The maximum atomic E-state index is 9.63. The number of aromatic hydroxyl groups is 1. The second-order valence-corrected chi connectivity index (χ2v) is 5.28. The molecule has 1 aliphatic rings. The Labute approximate surface area is 135 Å². The Bertz CT molecular complexity index is 531. The summed E-state index contributed by atoms with van der Waals surface area (Å²) in [5, 5.41) is 17.2. The number of nitrogens with zero attached hydrogens (tertiary/aromatic N) is 1. The molecule has 0 aliphatic carbocycles. The zero-order valence-corrected chi connectivity index (χ0v) is 13.4. The van der Waals surface area contributed by atoms with Crippen molar-refractivity contribution < 1.29 is 14.6 Å². The summed E-state index contributed by atoms with van der Waals surface area (Å²) in [7, 11) is 0. The summed E-state index contributed by atoms with van der Waals surface area (Å²) in [6.07, 6.45) is 4.01. The number of rotatable bonds is 6. The highest BCUT2D eigenvalue weighted by Gasteiger charge is 2.14. The van der Waals surface area contributed by atoms with Gasteiger partial charge in [0.05, 0.1) is 18.9 Å². The van der Waals surface area contributed by atoms with Crippen LogP contribution in [0.15, 0.2) is 23.3 Å². The number of thiocarbonyl (C=S) groups is 1. The first-order valence-corrected chi connectivity index (χ1v) is 7.74. The molecule has 1 atom stereocenters. The molecule has 1 fully saturated rings. The molecule has 0 bridgehead atoms. The van der Waals surface area contributed by atoms with Gasteiger partial charge in [0.2, 0.25) is 0 Å². The van der Waals surface area contributed by atoms with Crippen molar-refractivity contribution in [1.29, 1.82) is 0 Å². The van der Waals surface area contributed by atoms with E-state index in [0.29, 0.717) is 24.0 Å². The molecule has 0 saturated carbocycles. The fourth-order valence-corrected chi connectivity index (χ4v) is 2.23. The lowest BCUT2D eigenvalue weighted by atomic mass is 10.2. The molecule has 0 radical (unpaired) electrons. The van der Waals surface area contributed by atoms with E-state index in [9.17, 15) is 5.11 Å². The van der Waals surface area contributed by atoms with Gasteiger partial charge in [-0.25, -0.2) is 0 Å². The maximum Gasteiger partial charge on any atom is 0.187 e. The lowest BCUT2D eigenvalue weighted by Crippen LogP contribution is -2.37. The highest BCUT2D eigenvalue weighted by molar-refractivity contribution is 7.80. The van der Waals surface area contributed by atoms with Gasteiger partial charge in [0.25, 0.3) is 0 Å². The van der Waals surface area contributed by atoms with Crippen LogP contribution < -0.4 is 15.5 Å². The maximum absolute atomic E-state index is 9.63. The summed E-state index contributed by atoms with van der Waals surface area (Å²) in [6.45, 7) is 3.87.